The van der Waals surface area contributed by atoms with E-state index in [1.165, 1.54) is 4.90 Å². The number of imide groups is 1. The van der Waals surface area contributed by atoms with Gasteiger partial charge in [-0.2, -0.15) is 0 Å². The number of nitrogens with one attached hydrogen (secondary N) is 1. The molecule has 3 amide bonds. The van der Waals surface area contributed by atoms with E-state index < -0.39 is 6.04 Å². The zero-order valence-corrected chi connectivity index (χ0v) is 18.9. The van der Waals surface area contributed by atoms with E-state index in [1.807, 2.05) is 39.0 Å². The van der Waals surface area contributed by atoms with Crippen molar-refractivity contribution >= 4 is 17.7 Å². The summed E-state index contributed by atoms with van der Waals surface area (Å²) in [6.07, 6.45) is 5.43. The number of amides is 3. The monoisotopic (exact) mass is 428 g/mol. The Morgan fingerprint density at radius 2 is 1.68 bits per heavy atom. The predicted octanol–water partition coefficient (Wildman–Crippen LogP) is 3.25. The van der Waals surface area contributed by atoms with Crippen LogP contribution in [0.1, 0.15) is 51.6 Å². The Balaban J connectivity index is 1.82. The molecule has 2 aliphatic rings. The molecular formula is C24H32N2O5. The van der Waals surface area contributed by atoms with Crippen molar-refractivity contribution in [3.63, 3.8) is 0 Å². The van der Waals surface area contributed by atoms with Crippen molar-refractivity contribution < 1.29 is 23.9 Å². The van der Waals surface area contributed by atoms with Crippen LogP contribution in [0.25, 0.3) is 0 Å². The van der Waals surface area contributed by atoms with E-state index in [0.29, 0.717) is 30.8 Å². The van der Waals surface area contributed by atoms with Crippen molar-refractivity contribution in [1.29, 1.82) is 0 Å². The van der Waals surface area contributed by atoms with Gasteiger partial charge in [-0.3, -0.25) is 19.3 Å². The maximum atomic E-state index is 13.3. The molecule has 1 fully saturated rings. The quantitative estimate of drug-likeness (QED) is 0.508. The van der Waals surface area contributed by atoms with E-state index in [1.54, 1.807) is 26.4 Å². The van der Waals surface area contributed by atoms with E-state index >= 15 is 0 Å². The van der Waals surface area contributed by atoms with Crippen molar-refractivity contribution in [2.75, 3.05) is 14.2 Å². The number of hydrogen-bond acceptors (Lipinski definition) is 5. The second-order valence-electron chi connectivity index (χ2n) is 8.69. The van der Waals surface area contributed by atoms with Gasteiger partial charge >= 0.3 is 0 Å². The van der Waals surface area contributed by atoms with Gasteiger partial charge in [0.05, 0.1) is 32.1 Å². The van der Waals surface area contributed by atoms with Gasteiger partial charge in [-0.15, -0.1) is 0 Å². The summed E-state index contributed by atoms with van der Waals surface area (Å²) in [5.74, 6) is -0.0858. The van der Waals surface area contributed by atoms with Crippen LogP contribution < -0.4 is 14.8 Å². The third-order valence-corrected chi connectivity index (χ3v) is 6.12. The standard InChI is InChI=1S/C24H32N2O5/c1-14(2)12-20(26-23(28)18-8-6-7-9-19(18)24(26)29)22(27)25-15(3)17-11-10-16(30-4)13-21(17)31-5/h6-7,10-11,13-15,18-20H,8-9,12H2,1-5H3,(H,25,27). The Bertz CT molecular complexity index is 853. The highest BCUT2D eigenvalue weighted by molar-refractivity contribution is 6.08. The minimum absolute atomic E-state index is 0.142. The molecule has 3 rings (SSSR count). The molecule has 31 heavy (non-hydrogen) atoms. The van der Waals surface area contributed by atoms with Crippen molar-refractivity contribution in [3.8, 4) is 11.5 Å². The number of hydrogen-bond donors (Lipinski definition) is 1. The van der Waals surface area contributed by atoms with E-state index in [-0.39, 0.29) is 41.5 Å². The molecule has 1 heterocycles. The van der Waals surface area contributed by atoms with Gasteiger partial charge < -0.3 is 14.8 Å². The topological polar surface area (TPSA) is 84.9 Å². The fourth-order valence-corrected chi connectivity index (χ4v) is 4.47. The molecule has 1 N–H and O–H groups in total. The van der Waals surface area contributed by atoms with Crippen LogP contribution in [-0.4, -0.2) is 42.9 Å². The van der Waals surface area contributed by atoms with Crippen molar-refractivity contribution in [2.24, 2.45) is 17.8 Å². The van der Waals surface area contributed by atoms with Gasteiger partial charge in [-0.25, -0.2) is 0 Å². The minimum Gasteiger partial charge on any atom is -0.497 e. The van der Waals surface area contributed by atoms with Crippen LogP contribution in [0, 0.1) is 17.8 Å². The number of carbonyl (C=O) groups is 3. The molecule has 1 aliphatic carbocycles. The fourth-order valence-electron chi connectivity index (χ4n) is 4.47. The Labute approximate surface area is 183 Å². The number of rotatable bonds is 8. The molecule has 1 aromatic rings. The molecule has 4 unspecified atom stereocenters. The highest BCUT2D eigenvalue weighted by atomic mass is 16.5. The summed E-state index contributed by atoms with van der Waals surface area (Å²) in [5, 5.41) is 2.99. The fraction of sp³-hybridized carbons (Fsp3) is 0.542. The number of ether oxygens (including phenoxy) is 2. The highest BCUT2D eigenvalue weighted by Crippen LogP contribution is 2.37. The van der Waals surface area contributed by atoms with Crippen LogP contribution in [0.3, 0.4) is 0 Å². The molecule has 0 aromatic heterocycles. The van der Waals surface area contributed by atoms with E-state index in [4.69, 9.17) is 9.47 Å². The van der Waals surface area contributed by atoms with Gasteiger partial charge in [0, 0.05) is 11.6 Å². The average molecular weight is 429 g/mol. The second-order valence-corrected chi connectivity index (χ2v) is 8.69. The number of carbonyl (C=O) groups excluding carboxylic acids is 3. The number of nitrogens with zero attached hydrogens (tertiary/aromatic N) is 1. The summed E-state index contributed by atoms with van der Waals surface area (Å²) in [6, 6.07) is 4.20. The molecule has 0 radical (unpaired) electrons. The maximum Gasteiger partial charge on any atom is 0.243 e. The van der Waals surface area contributed by atoms with Gasteiger partial charge in [0.15, 0.2) is 0 Å². The largest absolute Gasteiger partial charge is 0.497 e. The zero-order valence-electron chi connectivity index (χ0n) is 18.9. The molecule has 1 aliphatic heterocycles. The van der Waals surface area contributed by atoms with E-state index in [2.05, 4.69) is 5.32 Å². The number of methoxy groups -OCH3 is 2. The summed E-state index contributed by atoms with van der Waals surface area (Å²) < 4.78 is 10.7. The van der Waals surface area contributed by atoms with Crippen LogP contribution in [0.5, 0.6) is 11.5 Å². The lowest BCUT2D eigenvalue weighted by Crippen LogP contribution is -2.51. The van der Waals surface area contributed by atoms with Crippen molar-refractivity contribution in [2.45, 2.75) is 52.1 Å². The lowest BCUT2D eigenvalue weighted by molar-refractivity contribution is -0.148. The molecular weight excluding hydrogens is 396 g/mol. The van der Waals surface area contributed by atoms with Crippen molar-refractivity contribution in [3.05, 3.63) is 35.9 Å². The smallest absolute Gasteiger partial charge is 0.243 e. The first-order valence-electron chi connectivity index (χ1n) is 10.8. The summed E-state index contributed by atoms with van der Waals surface area (Å²) in [5.41, 5.74) is 0.789. The first-order valence-corrected chi connectivity index (χ1v) is 10.8. The van der Waals surface area contributed by atoms with Gasteiger partial charge in [0.25, 0.3) is 0 Å². The number of fused-ring (bicyclic) bond motifs is 1. The first-order chi connectivity index (χ1) is 14.8. The molecule has 168 valence electrons. The average Bonchev–Trinajstić information content (AvgIpc) is 3.01. The molecule has 4 atom stereocenters. The lowest BCUT2D eigenvalue weighted by Gasteiger charge is -2.29. The molecule has 0 bridgehead atoms. The van der Waals surface area contributed by atoms with Crippen LogP contribution in [0.15, 0.2) is 30.4 Å². The SMILES string of the molecule is COc1ccc(C(C)NC(=O)C(CC(C)C)N2C(=O)C3CC=CCC3C2=O)c(OC)c1. The summed E-state index contributed by atoms with van der Waals surface area (Å²) in [7, 11) is 3.14. The van der Waals surface area contributed by atoms with E-state index in [0.717, 1.165) is 5.56 Å². The Hall–Kier alpha value is -2.83. The molecule has 7 nitrogen and oxygen atoms in total. The Morgan fingerprint density at radius 1 is 1.06 bits per heavy atom. The molecule has 0 saturated carbocycles. The molecule has 1 saturated heterocycles. The summed E-state index contributed by atoms with van der Waals surface area (Å²) in [4.78, 5) is 40.7. The number of likely N-dealkylation sites (tertiary alicyclic amines) is 1. The molecule has 1 aromatic carbocycles. The Kier molecular flexibility index (Phi) is 7.03. The second kappa shape index (κ2) is 9.54. The van der Waals surface area contributed by atoms with Gasteiger partial charge in [-0.1, -0.05) is 26.0 Å². The number of benzene rings is 1. The van der Waals surface area contributed by atoms with Gasteiger partial charge in [0.2, 0.25) is 17.7 Å². The summed E-state index contributed by atoms with van der Waals surface area (Å²) in [6.45, 7) is 5.82. The summed E-state index contributed by atoms with van der Waals surface area (Å²) >= 11 is 0. The van der Waals surface area contributed by atoms with E-state index in [9.17, 15) is 14.4 Å². The van der Waals surface area contributed by atoms with Crippen molar-refractivity contribution in [1.82, 2.24) is 10.2 Å². The van der Waals surface area contributed by atoms with Gasteiger partial charge in [0.1, 0.15) is 17.5 Å². The minimum atomic E-state index is -0.822. The zero-order chi connectivity index (χ0) is 22.7. The highest BCUT2D eigenvalue weighted by Gasteiger charge is 2.51. The van der Waals surface area contributed by atoms with Crippen LogP contribution in [0.2, 0.25) is 0 Å². The third kappa shape index (κ3) is 4.60. The predicted molar refractivity (Wildman–Crippen MR) is 117 cm³/mol. The number of allylic oxidation sites excluding steroid dienone is 2. The van der Waals surface area contributed by atoms with Crippen LogP contribution in [-0.2, 0) is 14.4 Å². The van der Waals surface area contributed by atoms with Crippen LogP contribution in [0.4, 0.5) is 0 Å². The molecule has 0 spiro atoms. The molecule has 7 heteroatoms. The normalized spacial score (nSPS) is 22.3. The Morgan fingerprint density at radius 3 is 2.19 bits per heavy atom. The first kappa shape index (κ1) is 22.8. The van der Waals surface area contributed by atoms with Gasteiger partial charge in [-0.05, 0) is 44.2 Å². The van der Waals surface area contributed by atoms with Crippen LogP contribution >= 0.6 is 0 Å². The lowest BCUT2D eigenvalue weighted by atomic mass is 9.85. The third-order valence-electron chi connectivity index (χ3n) is 6.12. The maximum absolute atomic E-state index is 13.3.